The number of Topliss-reactive ketones (excluding diaryl/α,β-unsaturated/α-hetero) is 1. The second kappa shape index (κ2) is 5.38. The number of carbonyl (C=O) groups is 1. The molecule has 2 heteroatoms. The van der Waals surface area contributed by atoms with Crippen molar-refractivity contribution in [1.82, 2.24) is 4.90 Å². The lowest BCUT2D eigenvalue weighted by molar-refractivity contribution is -0.121. The molecule has 0 aromatic rings. The molecule has 1 aliphatic carbocycles. The Morgan fingerprint density at radius 2 is 2.08 bits per heavy atom. The van der Waals surface area contributed by atoms with Crippen LogP contribution in [-0.2, 0) is 4.79 Å². The van der Waals surface area contributed by atoms with Gasteiger partial charge in [0.1, 0.15) is 5.78 Å². The number of carbonyl (C=O) groups excluding carboxylic acids is 1. The van der Waals surface area contributed by atoms with Crippen molar-refractivity contribution in [3.8, 4) is 0 Å². The summed E-state index contributed by atoms with van der Waals surface area (Å²) in [6, 6.07) is 0. The quantitative estimate of drug-likeness (QED) is 0.602. The maximum atomic E-state index is 11.5. The maximum Gasteiger partial charge on any atom is 0.149 e. The number of unbranched alkanes of at least 4 members (excludes halogenated alkanes) is 1. The predicted molar refractivity (Wildman–Crippen MR) is 54.8 cm³/mol. The molecule has 1 rings (SSSR count). The summed E-state index contributed by atoms with van der Waals surface area (Å²) in [4.78, 5) is 13.8. The van der Waals surface area contributed by atoms with Crippen LogP contribution in [0.3, 0.4) is 0 Å². The first-order valence-electron chi connectivity index (χ1n) is 5.53. The van der Waals surface area contributed by atoms with Crippen molar-refractivity contribution in [2.45, 2.75) is 39.5 Å². The fraction of sp³-hybridized carbons (Fsp3) is 0.909. The van der Waals surface area contributed by atoms with Gasteiger partial charge in [-0.2, -0.15) is 0 Å². The molecule has 0 atom stereocenters. The molecule has 0 heterocycles. The third-order valence-corrected chi connectivity index (χ3v) is 2.69. The van der Waals surface area contributed by atoms with Gasteiger partial charge in [0.05, 0.1) is 6.54 Å². The van der Waals surface area contributed by atoms with Crippen molar-refractivity contribution in [1.29, 1.82) is 0 Å². The highest BCUT2D eigenvalue weighted by Gasteiger charge is 2.29. The van der Waals surface area contributed by atoms with E-state index in [2.05, 4.69) is 18.7 Å². The molecule has 0 unspecified atom stereocenters. The zero-order valence-corrected chi connectivity index (χ0v) is 8.88. The predicted octanol–water partition coefficient (Wildman–Crippen LogP) is 2.09. The fourth-order valence-corrected chi connectivity index (χ4v) is 1.49. The summed E-state index contributed by atoms with van der Waals surface area (Å²) < 4.78 is 0. The summed E-state index contributed by atoms with van der Waals surface area (Å²) in [5.41, 5.74) is 0. The standard InChI is InChI=1S/C11H21NO/c1-3-5-8-12(4-2)9-11(13)10-6-7-10/h10H,3-9H2,1-2H3. The molecule has 2 nitrogen and oxygen atoms in total. The number of rotatable bonds is 7. The topological polar surface area (TPSA) is 20.3 Å². The molecule has 0 aliphatic heterocycles. The van der Waals surface area contributed by atoms with Gasteiger partial charge in [-0.1, -0.05) is 20.3 Å². The average molecular weight is 183 g/mol. The SMILES string of the molecule is CCCCN(CC)CC(=O)C1CC1. The van der Waals surface area contributed by atoms with Gasteiger partial charge in [-0.3, -0.25) is 9.69 Å². The minimum absolute atomic E-state index is 0.427. The van der Waals surface area contributed by atoms with E-state index in [0.29, 0.717) is 18.2 Å². The molecule has 0 aromatic heterocycles. The molecule has 0 N–H and O–H groups in total. The average Bonchev–Trinajstić information content (AvgIpc) is 2.94. The molecule has 1 aliphatic rings. The van der Waals surface area contributed by atoms with Crippen molar-refractivity contribution in [2.24, 2.45) is 5.92 Å². The van der Waals surface area contributed by atoms with E-state index in [-0.39, 0.29) is 0 Å². The minimum atomic E-state index is 0.427. The molecular weight excluding hydrogens is 162 g/mol. The van der Waals surface area contributed by atoms with Crippen LogP contribution in [0.1, 0.15) is 39.5 Å². The first-order valence-corrected chi connectivity index (χ1v) is 5.53. The molecule has 76 valence electrons. The molecule has 0 aromatic carbocycles. The first kappa shape index (κ1) is 10.7. The van der Waals surface area contributed by atoms with Crippen LogP contribution in [0.15, 0.2) is 0 Å². The van der Waals surface area contributed by atoms with E-state index in [0.717, 1.165) is 25.9 Å². The van der Waals surface area contributed by atoms with Crippen LogP contribution in [-0.4, -0.2) is 30.3 Å². The van der Waals surface area contributed by atoms with Gasteiger partial charge in [0.2, 0.25) is 0 Å². The van der Waals surface area contributed by atoms with Crippen LogP contribution in [0.2, 0.25) is 0 Å². The van der Waals surface area contributed by atoms with Crippen molar-refractivity contribution in [2.75, 3.05) is 19.6 Å². The van der Waals surface area contributed by atoms with E-state index in [1.54, 1.807) is 0 Å². The van der Waals surface area contributed by atoms with Crippen LogP contribution in [0.25, 0.3) is 0 Å². The van der Waals surface area contributed by atoms with Gasteiger partial charge in [0.15, 0.2) is 0 Å². The molecule has 13 heavy (non-hydrogen) atoms. The Morgan fingerprint density at radius 3 is 2.54 bits per heavy atom. The number of ketones is 1. The van der Waals surface area contributed by atoms with Gasteiger partial charge in [0, 0.05) is 5.92 Å². The largest absolute Gasteiger partial charge is 0.298 e. The third kappa shape index (κ3) is 3.90. The Morgan fingerprint density at radius 1 is 1.38 bits per heavy atom. The highest BCUT2D eigenvalue weighted by molar-refractivity contribution is 5.84. The third-order valence-electron chi connectivity index (χ3n) is 2.69. The van der Waals surface area contributed by atoms with Gasteiger partial charge in [-0.05, 0) is 32.4 Å². The Bertz CT molecular complexity index is 163. The number of hydrogen-bond donors (Lipinski definition) is 0. The van der Waals surface area contributed by atoms with Gasteiger partial charge in [0.25, 0.3) is 0 Å². The van der Waals surface area contributed by atoms with Gasteiger partial charge in [-0.25, -0.2) is 0 Å². The van der Waals surface area contributed by atoms with E-state index in [9.17, 15) is 4.79 Å². The summed E-state index contributed by atoms with van der Waals surface area (Å²) >= 11 is 0. The molecule has 1 fully saturated rings. The lowest BCUT2D eigenvalue weighted by Gasteiger charge is -2.18. The van der Waals surface area contributed by atoms with Crippen molar-refractivity contribution < 1.29 is 4.79 Å². The normalized spacial score (nSPS) is 16.5. The summed E-state index contributed by atoms with van der Waals surface area (Å²) in [6.07, 6.45) is 4.72. The molecule has 1 saturated carbocycles. The van der Waals surface area contributed by atoms with E-state index in [1.165, 1.54) is 12.8 Å². The highest BCUT2D eigenvalue weighted by Crippen LogP contribution is 2.29. The summed E-state index contributed by atoms with van der Waals surface area (Å²) in [6.45, 7) is 7.12. The van der Waals surface area contributed by atoms with E-state index in [1.807, 2.05) is 0 Å². The van der Waals surface area contributed by atoms with Gasteiger partial charge < -0.3 is 0 Å². The zero-order valence-electron chi connectivity index (χ0n) is 8.88. The summed E-state index contributed by atoms with van der Waals surface area (Å²) in [5, 5.41) is 0. The number of nitrogens with zero attached hydrogens (tertiary/aromatic N) is 1. The Labute approximate surface area is 81.3 Å². The van der Waals surface area contributed by atoms with E-state index < -0.39 is 0 Å². The Kier molecular flexibility index (Phi) is 4.43. The molecular formula is C11H21NO. The first-order chi connectivity index (χ1) is 6.27. The van der Waals surface area contributed by atoms with Gasteiger partial charge >= 0.3 is 0 Å². The van der Waals surface area contributed by atoms with E-state index >= 15 is 0 Å². The number of likely N-dealkylation sites (N-methyl/N-ethyl adjacent to an activating group) is 1. The lowest BCUT2D eigenvalue weighted by Crippen LogP contribution is -2.31. The highest BCUT2D eigenvalue weighted by atomic mass is 16.1. The second-order valence-corrected chi connectivity index (χ2v) is 3.96. The molecule has 0 saturated heterocycles. The van der Waals surface area contributed by atoms with Crippen LogP contribution in [0.5, 0.6) is 0 Å². The zero-order chi connectivity index (χ0) is 9.68. The molecule has 0 spiro atoms. The van der Waals surface area contributed by atoms with Crippen molar-refractivity contribution >= 4 is 5.78 Å². The molecule has 0 amide bonds. The van der Waals surface area contributed by atoms with Crippen LogP contribution >= 0.6 is 0 Å². The van der Waals surface area contributed by atoms with Crippen LogP contribution in [0.4, 0.5) is 0 Å². The lowest BCUT2D eigenvalue weighted by atomic mass is 10.2. The summed E-state index contributed by atoms with van der Waals surface area (Å²) in [7, 11) is 0. The number of hydrogen-bond acceptors (Lipinski definition) is 2. The fourth-order valence-electron chi connectivity index (χ4n) is 1.49. The maximum absolute atomic E-state index is 11.5. The van der Waals surface area contributed by atoms with Crippen LogP contribution in [0, 0.1) is 5.92 Å². The Balaban J connectivity index is 2.17. The molecule has 0 bridgehead atoms. The summed E-state index contributed by atoms with van der Waals surface area (Å²) in [5.74, 6) is 0.897. The smallest absolute Gasteiger partial charge is 0.149 e. The van der Waals surface area contributed by atoms with Crippen molar-refractivity contribution in [3.05, 3.63) is 0 Å². The van der Waals surface area contributed by atoms with Crippen LogP contribution < -0.4 is 0 Å². The van der Waals surface area contributed by atoms with Gasteiger partial charge in [-0.15, -0.1) is 0 Å². The second-order valence-electron chi connectivity index (χ2n) is 3.96. The molecule has 0 radical (unpaired) electrons. The Hall–Kier alpha value is -0.370. The minimum Gasteiger partial charge on any atom is -0.298 e. The monoisotopic (exact) mass is 183 g/mol. The van der Waals surface area contributed by atoms with E-state index in [4.69, 9.17) is 0 Å². The van der Waals surface area contributed by atoms with Crippen molar-refractivity contribution in [3.63, 3.8) is 0 Å².